The highest BCUT2D eigenvalue weighted by Crippen LogP contribution is 2.28. The van der Waals surface area contributed by atoms with Crippen molar-refractivity contribution in [2.24, 2.45) is 0 Å². The van der Waals surface area contributed by atoms with Crippen LogP contribution in [0.25, 0.3) is 0 Å². The molecule has 1 heterocycles. The Morgan fingerprint density at radius 2 is 2.20 bits per heavy atom. The maximum absolute atomic E-state index is 12.0. The Labute approximate surface area is 118 Å². The molecule has 0 bridgehead atoms. The number of ketones is 1. The third-order valence-electron chi connectivity index (χ3n) is 3.45. The number of nitrogens with zero attached hydrogens (tertiary/aromatic N) is 1. The van der Waals surface area contributed by atoms with Crippen LogP contribution in [-0.4, -0.2) is 45.0 Å². The molecule has 0 aliphatic carbocycles. The van der Waals surface area contributed by atoms with Crippen LogP contribution in [-0.2, 0) is 16.0 Å². The Bertz CT molecular complexity index is 514. The molecule has 0 radical (unpaired) electrons. The number of fused-ring (bicyclic) bond motifs is 1. The summed E-state index contributed by atoms with van der Waals surface area (Å²) >= 11 is 0. The normalized spacial score (nSPS) is 13.4. The van der Waals surface area contributed by atoms with Crippen molar-refractivity contribution in [3.05, 3.63) is 29.3 Å². The summed E-state index contributed by atoms with van der Waals surface area (Å²) in [4.78, 5) is 25.3. The van der Waals surface area contributed by atoms with Gasteiger partial charge in [0.25, 0.3) is 0 Å². The zero-order valence-electron chi connectivity index (χ0n) is 11.9. The minimum Gasteiger partial charge on any atom is -0.383 e. The van der Waals surface area contributed by atoms with E-state index in [4.69, 9.17) is 4.74 Å². The number of hydrogen-bond acceptors (Lipinski definition) is 4. The minimum atomic E-state index is 0.0454. The largest absolute Gasteiger partial charge is 0.383 e. The first-order chi connectivity index (χ1) is 9.63. The second-order valence-electron chi connectivity index (χ2n) is 4.86. The number of Topliss-reactive ketones (excluding diaryl/α,β-unsaturated/α-hetero) is 1. The van der Waals surface area contributed by atoms with Gasteiger partial charge in [-0.1, -0.05) is 0 Å². The molecule has 20 heavy (non-hydrogen) atoms. The van der Waals surface area contributed by atoms with Gasteiger partial charge in [0.15, 0.2) is 5.78 Å². The van der Waals surface area contributed by atoms with Gasteiger partial charge in [-0.2, -0.15) is 0 Å². The first kappa shape index (κ1) is 14.7. The van der Waals surface area contributed by atoms with E-state index in [-0.39, 0.29) is 11.7 Å². The van der Waals surface area contributed by atoms with Crippen LogP contribution in [0.5, 0.6) is 0 Å². The van der Waals surface area contributed by atoms with Gasteiger partial charge < -0.3 is 15.0 Å². The van der Waals surface area contributed by atoms with Crippen molar-refractivity contribution in [1.82, 2.24) is 5.32 Å². The molecule has 0 fully saturated rings. The molecule has 0 saturated carbocycles. The van der Waals surface area contributed by atoms with Gasteiger partial charge in [0, 0.05) is 38.4 Å². The molecule has 1 amide bonds. The van der Waals surface area contributed by atoms with E-state index in [2.05, 4.69) is 5.32 Å². The molecule has 0 saturated heterocycles. The Hall–Kier alpha value is -1.72. The molecule has 0 unspecified atom stereocenters. The van der Waals surface area contributed by atoms with Gasteiger partial charge >= 0.3 is 0 Å². The summed E-state index contributed by atoms with van der Waals surface area (Å²) in [7, 11) is 1.63. The molecule has 0 atom stereocenters. The fourth-order valence-electron chi connectivity index (χ4n) is 2.38. The maximum Gasteiger partial charge on any atom is 0.223 e. The Morgan fingerprint density at radius 1 is 1.40 bits per heavy atom. The molecule has 1 aromatic carbocycles. The van der Waals surface area contributed by atoms with E-state index in [0.717, 1.165) is 17.7 Å². The van der Waals surface area contributed by atoms with Crippen molar-refractivity contribution in [3.8, 4) is 0 Å². The highest BCUT2D eigenvalue weighted by Gasteiger charge is 2.22. The molecule has 2 rings (SSSR count). The number of anilines is 1. The molecule has 1 N–H and O–H groups in total. The number of amides is 1. The van der Waals surface area contributed by atoms with Gasteiger partial charge in [-0.15, -0.1) is 0 Å². The summed E-state index contributed by atoms with van der Waals surface area (Å²) in [6, 6.07) is 5.56. The Morgan fingerprint density at radius 3 is 2.90 bits per heavy atom. The second kappa shape index (κ2) is 6.63. The summed E-state index contributed by atoms with van der Waals surface area (Å²) in [6.07, 6.45) is 0.813. The fourth-order valence-corrected chi connectivity index (χ4v) is 2.38. The third-order valence-corrected chi connectivity index (χ3v) is 3.45. The number of carbonyl (C=O) groups is 2. The summed E-state index contributed by atoms with van der Waals surface area (Å²) in [5, 5.41) is 3.04. The van der Waals surface area contributed by atoms with E-state index < -0.39 is 0 Å². The van der Waals surface area contributed by atoms with Crippen LogP contribution in [0.2, 0.25) is 0 Å². The summed E-state index contributed by atoms with van der Waals surface area (Å²) in [5.74, 6) is 0.106. The minimum absolute atomic E-state index is 0.0454. The van der Waals surface area contributed by atoms with Crippen molar-refractivity contribution >= 4 is 17.4 Å². The third kappa shape index (κ3) is 3.23. The Kier molecular flexibility index (Phi) is 4.87. The lowest BCUT2D eigenvalue weighted by atomic mass is 10.1. The highest BCUT2D eigenvalue weighted by molar-refractivity contribution is 5.99. The number of nitrogens with one attached hydrogen (secondary N) is 1. The monoisotopic (exact) mass is 276 g/mol. The molecular formula is C15H20N2O3. The van der Waals surface area contributed by atoms with Crippen molar-refractivity contribution in [3.63, 3.8) is 0 Å². The van der Waals surface area contributed by atoms with Crippen LogP contribution >= 0.6 is 0 Å². The van der Waals surface area contributed by atoms with Crippen molar-refractivity contribution in [2.75, 3.05) is 38.3 Å². The zero-order chi connectivity index (χ0) is 14.5. The molecule has 108 valence electrons. The second-order valence-corrected chi connectivity index (χ2v) is 4.86. The average molecular weight is 276 g/mol. The Balaban J connectivity index is 2.01. The van der Waals surface area contributed by atoms with E-state index >= 15 is 0 Å². The van der Waals surface area contributed by atoms with Crippen molar-refractivity contribution < 1.29 is 14.3 Å². The van der Waals surface area contributed by atoms with Gasteiger partial charge in [0.2, 0.25) is 5.91 Å². The molecule has 5 heteroatoms. The number of carbonyl (C=O) groups excluding carboxylic acids is 2. The predicted molar refractivity (Wildman–Crippen MR) is 77.2 cm³/mol. The zero-order valence-corrected chi connectivity index (χ0v) is 11.9. The van der Waals surface area contributed by atoms with Gasteiger partial charge in [-0.05, 0) is 30.2 Å². The lowest BCUT2D eigenvalue weighted by Crippen LogP contribution is -2.26. The van der Waals surface area contributed by atoms with Crippen LogP contribution in [0.4, 0.5) is 5.69 Å². The molecule has 1 aliphatic rings. The lowest BCUT2D eigenvalue weighted by molar-refractivity contribution is -0.116. The maximum atomic E-state index is 12.0. The molecular weight excluding hydrogens is 256 g/mol. The van der Waals surface area contributed by atoms with Crippen molar-refractivity contribution in [2.45, 2.75) is 13.3 Å². The van der Waals surface area contributed by atoms with Crippen LogP contribution in [0.3, 0.4) is 0 Å². The van der Waals surface area contributed by atoms with Crippen LogP contribution in [0, 0.1) is 0 Å². The predicted octanol–water partition coefficient (Wildman–Crippen LogP) is 1.01. The fraction of sp³-hybridized carbons (Fsp3) is 0.467. The van der Waals surface area contributed by atoms with E-state index in [9.17, 15) is 9.59 Å². The smallest absolute Gasteiger partial charge is 0.223 e. The lowest BCUT2D eigenvalue weighted by Gasteiger charge is -2.14. The van der Waals surface area contributed by atoms with Crippen molar-refractivity contribution in [1.29, 1.82) is 0 Å². The first-order valence-corrected chi connectivity index (χ1v) is 6.77. The molecule has 0 aromatic heterocycles. The van der Waals surface area contributed by atoms with E-state index in [1.165, 1.54) is 0 Å². The van der Waals surface area contributed by atoms with Crippen LogP contribution in [0.1, 0.15) is 22.8 Å². The first-order valence-electron chi connectivity index (χ1n) is 6.77. The molecule has 5 nitrogen and oxygen atoms in total. The molecule has 1 aromatic rings. The van der Waals surface area contributed by atoms with Gasteiger partial charge in [0.05, 0.1) is 13.2 Å². The molecule has 0 spiro atoms. The summed E-state index contributed by atoms with van der Waals surface area (Å²) in [6.45, 7) is 3.82. The topological polar surface area (TPSA) is 58.6 Å². The highest BCUT2D eigenvalue weighted by atomic mass is 16.5. The van der Waals surface area contributed by atoms with Gasteiger partial charge in [-0.25, -0.2) is 0 Å². The van der Waals surface area contributed by atoms with Gasteiger partial charge in [0.1, 0.15) is 0 Å². The van der Waals surface area contributed by atoms with Gasteiger partial charge in [-0.3, -0.25) is 9.59 Å². The summed E-state index contributed by atoms with van der Waals surface area (Å²) < 4.78 is 4.91. The van der Waals surface area contributed by atoms with E-state index in [0.29, 0.717) is 31.8 Å². The van der Waals surface area contributed by atoms with E-state index in [1.807, 2.05) is 12.1 Å². The quantitative estimate of drug-likeness (QED) is 0.622. The number of methoxy groups -OCH3 is 1. The SMILES string of the molecule is COCCNCC(=O)c1ccc2c(c1)CCN2C(C)=O. The average Bonchev–Trinajstić information content (AvgIpc) is 2.86. The molecule has 1 aliphatic heterocycles. The standard InChI is InChI=1S/C15H20N2O3/c1-11(18)17-7-5-12-9-13(3-4-14(12)17)15(19)10-16-6-8-20-2/h3-4,9,16H,5-8,10H2,1-2H3. The van der Waals surface area contributed by atoms with Crippen LogP contribution < -0.4 is 10.2 Å². The van der Waals surface area contributed by atoms with Crippen LogP contribution in [0.15, 0.2) is 18.2 Å². The van der Waals surface area contributed by atoms with E-state index in [1.54, 1.807) is 25.0 Å². The number of ether oxygens (including phenoxy) is 1. The summed E-state index contributed by atoms with van der Waals surface area (Å²) in [5.41, 5.74) is 2.70. The number of hydrogen-bond donors (Lipinski definition) is 1. The number of rotatable bonds is 6. The number of benzene rings is 1.